The van der Waals surface area contributed by atoms with Crippen LogP contribution in [0.5, 0.6) is 11.5 Å². The number of benzene rings is 2. The molecular weight excluding hydrogens is 466 g/mol. The first-order chi connectivity index (χ1) is 14.8. The highest BCUT2D eigenvalue weighted by molar-refractivity contribution is 7.92. The fourth-order valence-electron chi connectivity index (χ4n) is 2.62. The Labute approximate surface area is 177 Å². The van der Waals surface area contributed by atoms with Crippen molar-refractivity contribution >= 4 is 26.6 Å². The first-order valence-corrected chi connectivity index (χ1v) is 10.2. The number of anilines is 1. The molecule has 0 aliphatic heterocycles. The Morgan fingerprint density at radius 1 is 0.875 bits per heavy atom. The lowest BCUT2D eigenvalue weighted by atomic mass is 10.2. The molecule has 2 aromatic carbocycles. The molecule has 1 aromatic heterocycles. The molecule has 0 fully saturated rings. The van der Waals surface area contributed by atoms with Gasteiger partial charge in [0, 0.05) is 17.6 Å². The third-order valence-electron chi connectivity index (χ3n) is 3.89. The average Bonchev–Trinajstić information content (AvgIpc) is 2.70. The molecule has 6 nitrogen and oxygen atoms in total. The zero-order chi connectivity index (χ0) is 23.6. The summed E-state index contributed by atoms with van der Waals surface area (Å²) in [5.41, 5.74) is 0.488. The second kappa shape index (κ2) is 8.73. The molecule has 3 aromatic rings. The smallest absolute Gasteiger partial charge is 0.422 e. The van der Waals surface area contributed by atoms with Gasteiger partial charge < -0.3 is 9.47 Å². The number of hydrogen-bond acceptors (Lipinski definition) is 5. The van der Waals surface area contributed by atoms with Crippen LogP contribution in [0.15, 0.2) is 59.6 Å². The summed E-state index contributed by atoms with van der Waals surface area (Å²) in [6, 6.07) is 9.92. The summed E-state index contributed by atoms with van der Waals surface area (Å²) in [6.45, 7) is -3.53. The predicted molar refractivity (Wildman–Crippen MR) is 102 cm³/mol. The summed E-state index contributed by atoms with van der Waals surface area (Å²) < 4.78 is 112. The van der Waals surface area contributed by atoms with Gasteiger partial charge in [0.1, 0.15) is 16.4 Å². The van der Waals surface area contributed by atoms with Crippen LogP contribution in [0.25, 0.3) is 10.9 Å². The summed E-state index contributed by atoms with van der Waals surface area (Å²) in [5, 5.41) is 0.390. The standard InChI is InChI=1S/C19H14F6N2O4S/c20-18(21,22)10-30-12-6-7-16(31-11-19(23,24)25)17(9-12)32(28,29)27-15-5-1-4-14-13(15)3-2-8-26-14/h1-9,27H,10-11H2. The van der Waals surface area contributed by atoms with Crippen molar-refractivity contribution in [3.8, 4) is 11.5 Å². The molecule has 32 heavy (non-hydrogen) atoms. The number of aromatic nitrogens is 1. The lowest BCUT2D eigenvalue weighted by Crippen LogP contribution is -2.22. The number of halogens is 6. The monoisotopic (exact) mass is 480 g/mol. The van der Waals surface area contributed by atoms with E-state index in [2.05, 4.69) is 19.2 Å². The lowest BCUT2D eigenvalue weighted by Gasteiger charge is -2.17. The van der Waals surface area contributed by atoms with Crippen molar-refractivity contribution < 1.29 is 44.2 Å². The molecule has 13 heteroatoms. The first kappa shape index (κ1) is 23.4. The van der Waals surface area contributed by atoms with Gasteiger partial charge in [-0.3, -0.25) is 9.71 Å². The summed E-state index contributed by atoms with van der Waals surface area (Å²) in [6.07, 6.45) is -8.01. The van der Waals surface area contributed by atoms with Gasteiger partial charge in [0.2, 0.25) is 0 Å². The number of pyridine rings is 1. The van der Waals surface area contributed by atoms with Crippen LogP contribution in [0.3, 0.4) is 0 Å². The number of hydrogen-bond donors (Lipinski definition) is 1. The van der Waals surface area contributed by atoms with Gasteiger partial charge >= 0.3 is 12.4 Å². The van der Waals surface area contributed by atoms with Crippen LogP contribution >= 0.6 is 0 Å². The molecule has 172 valence electrons. The van der Waals surface area contributed by atoms with E-state index in [1.807, 2.05) is 0 Å². The number of alkyl halides is 6. The summed E-state index contributed by atoms with van der Waals surface area (Å²) >= 11 is 0. The summed E-state index contributed by atoms with van der Waals surface area (Å²) in [5.74, 6) is -1.24. The number of nitrogens with one attached hydrogen (secondary N) is 1. The summed E-state index contributed by atoms with van der Waals surface area (Å²) in [4.78, 5) is 3.24. The lowest BCUT2D eigenvalue weighted by molar-refractivity contribution is -0.154. The Kier molecular flexibility index (Phi) is 6.39. The van der Waals surface area contributed by atoms with Crippen molar-refractivity contribution in [1.82, 2.24) is 4.98 Å². The van der Waals surface area contributed by atoms with E-state index in [4.69, 9.17) is 0 Å². The second-order valence-corrected chi connectivity index (χ2v) is 8.05. The fraction of sp³-hybridized carbons (Fsp3) is 0.211. The van der Waals surface area contributed by atoms with Crippen LogP contribution in [0.2, 0.25) is 0 Å². The highest BCUT2D eigenvalue weighted by Gasteiger charge is 2.31. The van der Waals surface area contributed by atoms with Gasteiger partial charge in [0.05, 0.1) is 11.2 Å². The third kappa shape index (κ3) is 6.15. The van der Waals surface area contributed by atoms with Crippen molar-refractivity contribution in [3.63, 3.8) is 0 Å². The van der Waals surface area contributed by atoms with Gasteiger partial charge in [-0.05, 0) is 36.4 Å². The number of fused-ring (bicyclic) bond motifs is 1. The second-order valence-electron chi connectivity index (χ2n) is 6.40. The molecule has 0 unspecified atom stereocenters. The van der Waals surface area contributed by atoms with E-state index in [1.165, 1.54) is 18.3 Å². The first-order valence-electron chi connectivity index (χ1n) is 8.74. The average molecular weight is 480 g/mol. The Balaban J connectivity index is 2.00. The number of nitrogens with zero attached hydrogens (tertiary/aromatic N) is 1. The zero-order valence-electron chi connectivity index (χ0n) is 15.9. The molecule has 1 heterocycles. The van der Waals surface area contributed by atoms with Gasteiger partial charge in [-0.2, -0.15) is 26.3 Å². The molecular formula is C19H14F6N2O4S. The maximum Gasteiger partial charge on any atom is 0.422 e. The van der Waals surface area contributed by atoms with E-state index in [0.717, 1.165) is 12.1 Å². The number of sulfonamides is 1. The van der Waals surface area contributed by atoms with Gasteiger partial charge in [-0.15, -0.1) is 0 Å². The minimum absolute atomic E-state index is 0.0546. The van der Waals surface area contributed by atoms with Crippen LogP contribution in [0.4, 0.5) is 32.0 Å². The Morgan fingerprint density at radius 2 is 1.56 bits per heavy atom. The van der Waals surface area contributed by atoms with E-state index >= 15 is 0 Å². The van der Waals surface area contributed by atoms with Gasteiger partial charge in [0.15, 0.2) is 13.2 Å². The highest BCUT2D eigenvalue weighted by atomic mass is 32.2. The largest absolute Gasteiger partial charge is 0.484 e. The molecule has 0 aliphatic rings. The van der Waals surface area contributed by atoms with E-state index < -0.39 is 52.0 Å². The molecule has 0 atom stereocenters. The molecule has 0 amide bonds. The van der Waals surface area contributed by atoms with E-state index in [9.17, 15) is 34.8 Å². The zero-order valence-corrected chi connectivity index (χ0v) is 16.7. The Hall–Kier alpha value is -3.22. The maximum atomic E-state index is 13.0. The van der Waals surface area contributed by atoms with E-state index in [0.29, 0.717) is 17.0 Å². The van der Waals surface area contributed by atoms with Crippen LogP contribution in [-0.4, -0.2) is 39.0 Å². The van der Waals surface area contributed by atoms with Crippen molar-refractivity contribution in [3.05, 3.63) is 54.7 Å². The predicted octanol–water partition coefficient (Wildman–Crippen LogP) is 4.92. The van der Waals surface area contributed by atoms with Crippen LogP contribution < -0.4 is 14.2 Å². The minimum atomic E-state index is -4.78. The normalized spacial score (nSPS) is 12.6. The minimum Gasteiger partial charge on any atom is -0.484 e. The molecule has 0 radical (unpaired) electrons. The molecule has 0 spiro atoms. The molecule has 0 aliphatic carbocycles. The van der Waals surface area contributed by atoms with Gasteiger partial charge in [-0.25, -0.2) is 8.42 Å². The molecule has 1 N–H and O–H groups in total. The molecule has 0 bridgehead atoms. The van der Waals surface area contributed by atoms with Crippen molar-refractivity contribution in [2.45, 2.75) is 17.2 Å². The van der Waals surface area contributed by atoms with E-state index in [-0.39, 0.29) is 5.69 Å². The van der Waals surface area contributed by atoms with Crippen molar-refractivity contribution in [2.24, 2.45) is 0 Å². The van der Waals surface area contributed by atoms with E-state index in [1.54, 1.807) is 18.2 Å². The molecule has 0 saturated carbocycles. The van der Waals surface area contributed by atoms with Crippen LogP contribution in [0.1, 0.15) is 0 Å². The maximum absolute atomic E-state index is 13.0. The van der Waals surface area contributed by atoms with Crippen LogP contribution in [-0.2, 0) is 10.0 Å². The number of ether oxygens (including phenoxy) is 2. The molecule has 3 rings (SSSR count). The third-order valence-corrected chi connectivity index (χ3v) is 5.28. The Morgan fingerprint density at radius 3 is 2.25 bits per heavy atom. The van der Waals surface area contributed by atoms with Gasteiger partial charge in [-0.1, -0.05) is 6.07 Å². The topological polar surface area (TPSA) is 77.5 Å². The summed E-state index contributed by atoms with van der Waals surface area (Å²) in [7, 11) is -4.61. The number of rotatable bonds is 7. The van der Waals surface area contributed by atoms with Gasteiger partial charge in [0.25, 0.3) is 10.0 Å². The van der Waals surface area contributed by atoms with Crippen LogP contribution in [0, 0.1) is 0 Å². The SMILES string of the molecule is O=S(=O)(Nc1cccc2ncccc12)c1cc(OCC(F)(F)F)ccc1OCC(F)(F)F. The molecule has 0 saturated heterocycles. The fourth-order valence-corrected chi connectivity index (χ4v) is 3.86. The quantitative estimate of drug-likeness (QED) is 0.486. The van der Waals surface area contributed by atoms with Crippen molar-refractivity contribution in [1.29, 1.82) is 0 Å². The Bertz CT molecular complexity index is 1210. The highest BCUT2D eigenvalue weighted by Crippen LogP contribution is 2.33. The van der Waals surface area contributed by atoms with Crippen molar-refractivity contribution in [2.75, 3.05) is 17.9 Å².